The summed E-state index contributed by atoms with van der Waals surface area (Å²) >= 11 is 3.35. The lowest BCUT2D eigenvalue weighted by molar-refractivity contribution is 0.00217. The van der Waals surface area contributed by atoms with Gasteiger partial charge in [0.05, 0.1) is 11.7 Å². The van der Waals surface area contributed by atoms with Gasteiger partial charge < -0.3 is 4.74 Å². The maximum absolute atomic E-state index is 5.63. The summed E-state index contributed by atoms with van der Waals surface area (Å²) in [6.45, 7) is 4.76. The van der Waals surface area contributed by atoms with Crippen molar-refractivity contribution in [1.29, 1.82) is 0 Å². The van der Waals surface area contributed by atoms with Crippen molar-refractivity contribution in [3.05, 3.63) is 22.9 Å². The number of hydrogen-bond donors (Lipinski definition) is 0. The predicted molar refractivity (Wildman–Crippen MR) is 66.2 cm³/mol. The zero-order valence-electron chi connectivity index (χ0n) is 9.35. The van der Waals surface area contributed by atoms with Gasteiger partial charge in [-0.05, 0) is 41.4 Å². The third-order valence-corrected chi connectivity index (χ3v) is 2.84. The summed E-state index contributed by atoms with van der Waals surface area (Å²) in [5.74, 6) is 0. The van der Waals surface area contributed by atoms with E-state index < -0.39 is 0 Å². The largest absolute Gasteiger partial charge is 0.357 e. The molecule has 0 amide bonds. The van der Waals surface area contributed by atoms with Crippen LogP contribution in [0.2, 0.25) is 0 Å². The zero-order chi connectivity index (χ0) is 11.5. The van der Waals surface area contributed by atoms with Gasteiger partial charge in [0.2, 0.25) is 0 Å². The monoisotopic (exact) mass is 283 g/mol. The van der Waals surface area contributed by atoms with Gasteiger partial charge >= 0.3 is 0 Å². The quantitative estimate of drug-likeness (QED) is 0.810. The molecule has 0 fully saturated rings. The first-order valence-corrected chi connectivity index (χ1v) is 6.17. The Labute approximate surface area is 103 Å². The van der Waals surface area contributed by atoms with Crippen LogP contribution in [0.1, 0.15) is 26.5 Å². The summed E-state index contributed by atoms with van der Waals surface area (Å²) in [6.07, 6.45) is 2.65. The average Bonchev–Trinajstić information content (AvgIpc) is 2.68. The third-order valence-electron chi connectivity index (χ3n) is 2.40. The third kappa shape index (κ3) is 2.10. The van der Waals surface area contributed by atoms with Gasteiger partial charge in [0.25, 0.3) is 0 Å². The number of ether oxygens (including phenoxy) is 1. The fourth-order valence-electron chi connectivity index (χ4n) is 1.69. The second-order valence-electron chi connectivity index (χ2n) is 3.45. The summed E-state index contributed by atoms with van der Waals surface area (Å²) in [5, 5.41) is 4.33. The molecule has 86 valence electrons. The van der Waals surface area contributed by atoms with Crippen molar-refractivity contribution in [2.45, 2.75) is 26.5 Å². The van der Waals surface area contributed by atoms with Crippen molar-refractivity contribution in [3.8, 4) is 0 Å². The van der Waals surface area contributed by atoms with Crippen LogP contribution >= 0.6 is 15.9 Å². The van der Waals surface area contributed by atoms with Crippen LogP contribution in [0.5, 0.6) is 0 Å². The van der Waals surface area contributed by atoms with Crippen molar-refractivity contribution in [2.75, 3.05) is 6.61 Å². The van der Waals surface area contributed by atoms with E-state index in [1.165, 1.54) is 0 Å². The standard InChI is InChI=1S/C11H14BrN3O/c1-3-11(16-4-2)15-9-5-6-10(12)14-8(9)7-13-15/h5-7,11H,3-4H2,1-2H3. The number of hydrogen-bond acceptors (Lipinski definition) is 3. The minimum absolute atomic E-state index is 0.00882. The fraction of sp³-hybridized carbons (Fsp3) is 0.455. The molecule has 0 bridgehead atoms. The topological polar surface area (TPSA) is 39.9 Å². The normalized spacial score (nSPS) is 13.2. The first-order chi connectivity index (χ1) is 7.76. The number of pyridine rings is 1. The van der Waals surface area contributed by atoms with E-state index in [1.807, 2.05) is 23.7 Å². The van der Waals surface area contributed by atoms with Crippen LogP contribution in [0.3, 0.4) is 0 Å². The molecule has 0 radical (unpaired) electrons. The smallest absolute Gasteiger partial charge is 0.150 e. The summed E-state index contributed by atoms with van der Waals surface area (Å²) in [4.78, 5) is 4.35. The lowest BCUT2D eigenvalue weighted by Gasteiger charge is -2.16. The molecular formula is C11H14BrN3O. The number of fused-ring (bicyclic) bond motifs is 1. The van der Waals surface area contributed by atoms with Gasteiger partial charge in [-0.25, -0.2) is 9.67 Å². The van der Waals surface area contributed by atoms with E-state index in [0.717, 1.165) is 22.1 Å². The Bertz CT molecular complexity index is 483. The highest BCUT2D eigenvalue weighted by Crippen LogP contribution is 2.21. The van der Waals surface area contributed by atoms with Crippen LogP contribution in [-0.4, -0.2) is 21.4 Å². The molecule has 0 aromatic carbocycles. The molecular weight excluding hydrogens is 270 g/mol. The molecule has 2 aromatic heterocycles. The molecule has 0 aliphatic heterocycles. The van der Waals surface area contributed by atoms with Crippen LogP contribution < -0.4 is 0 Å². The first-order valence-electron chi connectivity index (χ1n) is 5.37. The molecule has 0 N–H and O–H groups in total. The summed E-state index contributed by atoms with van der Waals surface area (Å²) in [5.41, 5.74) is 1.89. The molecule has 1 unspecified atom stereocenters. The summed E-state index contributed by atoms with van der Waals surface area (Å²) < 4.78 is 8.35. The van der Waals surface area contributed by atoms with E-state index in [2.05, 4.69) is 32.9 Å². The summed E-state index contributed by atoms with van der Waals surface area (Å²) in [7, 11) is 0. The molecule has 0 spiro atoms. The Morgan fingerprint density at radius 3 is 2.94 bits per heavy atom. The van der Waals surface area contributed by atoms with Gasteiger partial charge in [-0.3, -0.25) is 0 Å². The summed E-state index contributed by atoms with van der Waals surface area (Å²) in [6, 6.07) is 3.92. The zero-order valence-corrected chi connectivity index (χ0v) is 10.9. The Morgan fingerprint density at radius 2 is 2.25 bits per heavy atom. The van der Waals surface area contributed by atoms with Gasteiger partial charge in [-0.2, -0.15) is 5.10 Å². The Kier molecular flexibility index (Phi) is 3.56. The van der Waals surface area contributed by atoms with Crippen LogP contribution in [0.4, 0.5) is 0 Å². The Balaban J connectivity index is 2.44. The van der Waals surface area contributed by atoms with Gasteiger partial charge in [0.15, 0.2) is 6.23 Å². The van der Waals surface area contributed by atoms with Crippen molar-refractivity contribution in [3.63, 3.8) is 0 Å². The second-order valence-corrected chi connectivity index (χ2v) is 4.26. The van der Waals surface area contributed by atoms with E-state index in [-0.39, 0.29) is 6.23 Å². The number of aromatic nitrogens is 3. The minimum Gasteiger partial charge on any atom is -0.357 e. The molecule has 4 nitrogen and oxygen atoms in total. The molecule has 2 aromatic rings. The number of nitrogens with zero attached hydrogens (tertiary/aromatic N) is 3. The highest BCUT2D eigenvalue weighted by atomic mass is 79.9. The molecule has 0 aliphatic carbocycles. The van der Waals surface area contributed by atoms with E-state index in [1.54, 1.807) is 6.20 Å². The number of rotatable bonds is 4. The lowest BCUT2D eigenvalue weighted by Crippen LogP contribution is -2.13. The maximum atomic E-state index is 5.63. The van der Waals surface area contributed by atoms with Crippen LogP contribution in [0, 0.1) is 0 Å². The highest BCUT2D eigenvalue weighted by Gasteiger charge is 2.13. The fourth-order valence-corrected chi connectivity index (χ4v) is 2.02. The highest BCUT2D eigenvalue weighted by molar-refractivity contribution is 9.10. The van der Waals surface area contributed by atoms with Gasteiger partial charge in [0, 0.05) is 6.61 Å². The Morgan fingerprint density at radius 1 is 1.44 bits per heavy atom. The van der Waals surface area contributed by atoms with Crippen molar-refractivity contribution < 1.29 is 4.74 Å². The van der Waals surface area contributed by atoms with Crippen LogP contribution in [0.15, 0.2) is 22.9 Å². The predicted octanol–water partition coefficient (Wildman–Crippen LogP) is 3.14. The van der Waals surface area contributed by atoms with Crippen molar-refractivity contribution in [2.24, 2.45) is 0 Å². The SMILES string of the molecule is CCOC(CC)n1ncc2nc(Br)ccc21. The molecule has 1 atom stereocenters. The minimum atomic E-state index is -0.00882. The van der Waals surface area contributed by atoms with E-state index in [9.17, 15) is 0 Å². The van der Waals surface area contributed by atoms with Crippen LogP contribution in [0.25, 0.3) is 11.0 Å². The van der Waals surface area contributed by atoms with Crippen LogP contribution in [-0.2, 0) is 4.74 Å². The van der Waals surface area contributed by atoms with Gasteiger partial charge in [-0.1, -0.05) is 6.92 Å². The van der Waals surface area contributed by atoms with E-state index in [0.29, 0.717) is 6.61 Å². The van der Waals surface area contributed by atoms with E-state index in [4.69, 9.17) is 4.74 Å². The molecule has 2 rings (SSSR count). The number of halogens is 1. The Hall–Kier alpha value is -0.940. The molecule has 16 heavy (non-hydrogen) atoms. The van der Waals surface area contributed by atoms with Crippen molar-refractivity contribution >= 4 is 27.0 Å². The van der Waals surface area contributed by atoms with Gasteiger partial charge in [0.1, 0.15) is 10.1 Å². The molecule has 0 aliphatic rings. The van der Waals surface area contributed by atoms with Crippen molar-refractivity contribution in [1.82, 2.24) is 14.8 Å². The lowest BCUT2D eigenvalue weighted by atomic mass is 10.3. The van der Waals surface area contributed by atoms with Gasteiger partial charge in [-0.15, -0.1) is 0 Å². The molecule has 5 heteroatoms. The second kappa shape index (κ2) is 4.93. The molecule has 0 saturated carbocycles. The van der Waals surface area contributed by atoms with E-state index >= 15 is 0 Å². The molecule has 2 heterocycles. The molecule has 0 saturated heterocycles. The maximum Gasteiger partial charge on any atom is 0.150 e. The first kappa shape index (κ1) is 11.5. The average molecular weight is 284 g/mol.